The number of hydrogen-bond acceptors (Lipinski definition) is 6. The number of ether oxygens (including phenoxy) is 2. The van der Waals surface area contributed by atoms with E-state index in [1.165, 1.54) is 10.5 Å². The highest BCUT2D eigenvalue weighted by molar-refractivity contribution is 6.01. The number of fused-ring (bicyclic) bond motifs is 2. The topological polar surface area (TPSA) is 117 Å². The van der Waals surface area contributed by atoms with Crippen molar-refractivity contribution >= 4 is 29.4 Å². The van der Waals surface area contributed by atoms with Crippen molar-refractivity contribution in [3.8, 4) is 11.5 Å². The van der Waals surface area contributed by atoms with Gasteiger partial charge in [0, 0.05) is 31.2 Å². The van der Waals surface area contributed by atoms with Crippen LogP contribution in [-0.2, 0) is 27.3 Å². The molecule has 0 bridgehead atoms. The zero-order chi connectivity index (χ0) is 28.1. The van der Waals surface area contributed by atoms with Crippen molar-refractivity contribution in [2.45, 2.75) is 64.5 Å². The number of aryl methyl sites for hydroxylation is 1. The first-order valence-electron chi connectivity index (χ1n) is 14.1. The summed E-state index contributed by atoms with van der Waals surface area (Å²) in [6.07, 6.45) is 4.65. The van der Waals surface area contributed by atoms with Crippen molar-refractivity contribution in [3.05, 3.63) is 53.6 Å². The molecule has 1 saturated carbocycles. The van der Waals surface area contributed by atoms with Crippen LogP contribution in [0.1, 0.15) is 56.6 Å². The monoisotopic (exact) mass is 548 g/mol. The van der Waals surface area contributed by atoms with Crippen LogP contribution in [0.2, 0.25) is 0 Å². The number of anilines is 1. The van der Waals surface area contributed by atoms with Gasteiger partial charge in [-0.05, 0) is 61.1 Å². The first-order chi connectivity index (χ1) is 19.4. The average Bonchev–Trinajstić information content (AvgIpc) is 3.44. The van der Waals surface area contributed by atoms with E-state index in [2.05, 4.69) is 17.6 Å². The molecule has 1 aliphatic carbocycles. The number of carbonyl (C=O) groups is 4. The second-order valence-electron chi connectivity index (χ2n) is 10.5. The Balaban J connectivity index is 1.15. The maximum Gasteiger partial charge on any atom is 0.327 e. The summed E-state index contributed by atoms with van der Waals surface area (Å²) in [4.78, 5) is 55.0. The van der Waals surface area contributed by atoms with Gasteiger partial charge in [-0.3, -0.25) is 19.3 Å². The smallest absolute Gasteiger partial charge is 0.327 e. The van der Waals surface area contributed by atoms with Crippen molar-refractivity contribution in [2.24, 2.45) is 5.92 Å². The van der Waals surface area contributed by atoms with Crippen LogP contribution in [-0.4, -0.2) is 59.5 Å². The van der Waals surface area contributed by atoms with Crippen LogP contribution in [0.3, 0.4) is 0 Å². The molecule has 2 aliphatic heterocycles. The van der Waals surface area contributed by atoms with Gasteiger partial charge in [-0.1, -0.05) is 38.0 Å². The molecule has 2 fully saturated rings. The van der Waals surface area contributed by atoms with E-state index >= 15 is 0 Å². The number of amides is 5. The number of imide groups is 1. The van der Waals surface area contributed by atoms with Crippen LogP contribution >= 0.6 is 0 Å². The predicted octanol–water partition coefficient (Wildman–Crippen LogP) is 3.84. The Morgan fingerprint density at radius 1 is 0.950 bits per heavy atom. The third kappa shape index (κ3) is 6.21. The van der Waals surface area contributed by atoms with Crippen molar-refractivity contribution in [2.75, 3.05) is 25.2 Å². The van der Waals surface area contributed by atoms with Gasteiger partial charge in [-0.2, -0.15) is 0 Å². The fraction of sp³-hybridized carbons (Fsp3) is 0.467. The Bertz CT molecular complexity index is 1260. The SMILES string of the molecule is CCc1ccc(NC(=O)CN2C(=O)N(CCCC(=O)NCc3ccc4c(c3)OCO4)C(=O)C3CCCCC32)cc1. The molecule has 0 spiro atoms. The number of nitrogens with zero attached hydrogens (tertiary/aromatic N) is 2. The summed E-state index contributed by atoms with van der Waals surface area (Å²) in [6.45, 7) is 2.61. The molecule has 212 valence electrons. The second kappa shape index (κ2) is 12.4. The van der Waals surface area contributed by atoms with Crippen LogP contribution in [0.4, 0.5) is 10.5 Å². The van der Waals surface area contributed by atoms with Gasteiger partial charge in [0.2, 0.25) is 24.5 Å². The summed E-state index contributed by atoms with van der Waals surface area (Å²) < 4.78 is 10.7. The fourth-order valence-electron chi connectivity index (χ4n) is 5.67. The molecule has 3 aliphatic rings. The largest absolute Gasteiger partial charge is 0.454 e. The molecule has 10 heteroatoms. The van der Waals surface area contributed by atoms with Gasteiger partial charge < -0.3 is 25.0 Å². The van der Waals surface area contributed by atoms with E-state index in [1.54, 1.807) is 4.90 Å². The van der Waals surface area contributed by atoms with E-state index in [0.29, 0.717) is 43.0 Å². The lowest BCUT2D eigenvalue weighted by atomic mass is 9.81. The van der Waals surface area contributed by atoms with Gasteiger partial charge >= 0.3 is 6.03 Å². The second-order valence-corrected chi connectivity index (χ2v) is 10.5. The lowest BCUT2D eigenvalue weighted by Gasteiger charge is -2.46. The standard InChI is InChI=1S/C30H36N4O6/c1-2-20-9-12-22(13-10-20)32-28(36)18-34-24-7-4-3-6-23(24)29(37)33(30(34)38)15-5-8-27(35)31-17-21-11-14-25-26(16-21)40-19-39-25/h9-14,16,23-24H,2-8,15,17-19H2,1H3,(H,31,35)(H,32,36). The summed E-state index contributed by atoms with van der Waals surface area (Å²) in [5.41, 5.74) is 2.73. The molecule has 0 radical (unpaired) electrons. The molecule has 5 amide bonds. The third-order valence-corrected chi connectivity index (χ3v) is 7.86. The first-order valence-corrected chi connectivity index (χ1v) is 14.1. The maximum atomic E-state index is 13.5. The van der Waals surface area contributed by atoms with E-state index in [1.807, 2.05) is 42.5 Å². The minimum atomic E-state index is -0.453. The third-order valence-electron chi connectivity index (χ3n) is 7.86. The summed E-state index contributed by atoms with van der Waals surface area (Å²) >= 11 is 0. The van der Waals surface area contributed by atoms with Crippen molar-refractivity contribution in [3.63, 3.8) is 0 Å². The highest BCUT2D eigenvalue weighted by Crippen LogP contribution is 2.35. The molecule has 1 saturated heterocycles. The zero-order valence-corrected chi connectivity index (χ0v) is 22.8. The Labute approximate surface area is 234 Å². The van der Waals surface area contributed by atoms with Gasteiger partial charge in [-0.15, -0.1) is 0 Å². The van der Waals surface area contributed by atoms with Gasteiger partial charge in [0.1, 0.15) is 6.54 Å². The average molecular weight is 549 g/mol. The summed E-state index contributed by atoms with van der Waals surface area (Å²) in [6, 6.07) is 12.4. The molecule has 2 atom stereocenters. The summed E-state index contributed by atoms with van der Waals surface area (Å²) in [5, 5.41) is 5.75. The highest BCUT2D eigenvalue weighted by atomic mass is 16.7. The molecule has 2 aromatic rings. The van der Waals surface area contributed by atoms with E-state index in [0.717, 1.165) is 24.8 Å². The van der Waals surface area contributed by atoms with Gasteiger partial charge in [-0.25, -0.2) is 4.79 Å². The van der Waals surface area contributed by atoms with Crippen molar-refractivity contribution in [1.29, 1.82) is 0 Å². The maximum absolute atomic E-state index is 13.5. The molecule has 2 aromatic carbocycles. The van der Waals surface area contributed by atoms with Gasteiger partial charge in [0.15, 0.2) is 11.5 Å². The van der Waals surface area contributed by atoms with Gasteiger partial charge in [0.25, 0.3) is 0 Å². The first kappa shape index (κ1) is 27.5. The van der Waals surface area contributed by atoms with Crippen molar-refractivity contribution in [1.82, 2.24) is 15.1 Å². The van der Waals surface area contributed by atoms with Gasteiger partial charge in [0.05, 0.1) is 5.92 Å². The molecule has 2 unspecified atom stereocenters. The molecule has 2 N–H and O–H groups in total. The Kier molecular flexibility index (Phi) is 8.52. The normalized spacial score (nSPS) is 19.8. The number of rotatable bonds is 10. The van der Waals surface area contributed by atoms with Crippen LogP contribution in [0.25, 0.3) is 0 Å². The Hall–Kier alpha value is -4.08. The molecular weight excluding hydrogens is 512 g/mol. The Morgan fingerprint density at radius 2 is 1.70 bits per heavy atom. The number of carbonyl (C=O) groups excluding carboxylic acids is 4. The predicted molar refractivity (Wildman–Crippen MR) is 148 cm³/mol. The van der Waals surface area contributed by atoms with Crippen LogP contribution < -0.4 is 20.1 Å². The number of urea groups is 1. The zero-order valence-electron chi connectivity index (χ0n) is 22.8. The minimum absolute atomic E-state index is 0.116. The van der Waals surface area contributed by atoms with Crippen LogP contribution in [0.5, 0.6) is 11.5 Å². The van der Waals surface area contributed by atoms with E-state index in [4.69, 9.17) is 9.47 Å². The molecular formula is C30H36N4O6. The fourth-order valence-corrected chi connectivity index (χ4v) is 5.67. The van der Waals surface area contributed by atoms with Crippen LogP contribution in [0.15, 0.2) is 42.5 Å². The lowest BCUT2D eigenvalue weighted by molar-refractivity contribution is -0.142. The van der Waals surface area contributed by atoms with E-state index in [-0.39, 0.29) is 56.0 Å². The lowest BCUT2D eigenvalue weighted by Crippen LogP contribution is -2.63. The molecule has 10 nitrogen and oxygen atoms in total. The number of benzene rings is 2. The summed E-state index contributed by atoms with van der Waals surface area (Å²) in [5.74, 6) is 0.366. The van der Waals surface area contributed by atoms with E-state index in [9.17, 15) is 19.2 Å². The molecule has 5 rings (SSSR count). The minimum Gasteiger partial charge on any atom is -0.454 e. The van der Waals surface area contributed by atoms with Crippen molar-refractivity contribution < 1.29 is 28.7 Å². The summed E-state index contributed by atoms with van der Waals surface area (Å²) in [7, 11) is 0. The van der Waals surface area contributed by atoms with E-state index < -0.39 is 6.03 Å². The molecule has 40 heavy (non-hydrogen) atoms. The number of hydrogen-bond donors (Lipinski definition) is 2. The van der Waals surface area contributed by atoms with Crippen LogP contribution in [0, 0.1) is 5.92 Å². The number of nitrogens with one attached hydrogen (secondary N) is 2. The molecule has 2 heterocycles. The Morgan fingerprint density at radius 3 is 2.50 bits per heavy atom. The quantitative estimate of drug-likeness (QED) is 0.466. The molecule has 0 aromatic heterocycles. The highest BCUT2D eigenvalue weighted by Gasteiger charge is 2.47.